The molecule has 0 amide bonds. The molecule has 0 bridgehead atoms. The number of hydrogen-bond acceptors (Lipinski definition) is 2. The molecular formula is C21H19BrFNO2. The molecule has 4 rings (SSSR count). The van der Waals surface area contributed by atoms with Crippen molar-refractivity contribution >= 4 is 26.8 Å². The summed E-state index contributed by atoms with van der Waals surface area (Å²) in [6.07, 6.45) is 1.64. The summed E-state index contributed by atoms with van der Waals surface area (Å²) in [7, 11) is 0. The van der Waals surface area contributed by atoms with Crippen molar-refractivity contribution in [1.82, 2.24) is 4.98 Å². The maximum atomic E-state index is 13.5. The minimum Gasteiger partial charge on any atom is -0.381 e. The molecule has 2 heterocycles. The quantitative estimate of drug-likeness (QED) is 0.616. The van der Waals surface area contributed by atoms with Crippen molar-refractivity contribution < 1.29 is 9.13 Å². The van der Waals surface area contributed by atoms with Crippen molar-refractivity contribution in [2.45, 2.75) is 25.7 Å². The smallest absolute Gasteiger partial charge is 0.252 e. The van der Waals surface area contributed by atoms with Gasteiger partial charge in [0, 0.05) is 28.6 Å². The zero-order chi connectivity index (χ0) is 18.3. The van der Waals surface area contributed by atoms with Crippen molar-refractivity contribution in [2.75, 3.05) is 13.2 Å². The number of hydrogen-bond donors (Lipinski definition) is 1. The summed E-state index contributed by atoms with van der Waals surface area (Å²) in [5, 5.41) is 0.985. The second-order valence-electron chi connectivity index (χ2n) is 6.78. The van der Waals surface area contributed by atoms with Crippen LogP contribution in [0.25, 0.3) is 22.0 Å². The predicted octanol–water partition coefficient (Wildman–Crippen LogP) is 5.30. The Kier molecular flexibility index (Phi) is 4.67. The molecule has 1 saturated heterocycles. The van der Waals surface area contributed by atoms with Crippen LogP contribution in [0, 0.1) is 12.7 Å². The van der Waals surface area contributed by atoms with Crippen molar-refractivity contribution in [1.29, 1.82) is 0 Å². The molecule has 0 radical (unpaired) electrons. The molecule has 3 nitrogen and oxygen atoms in total. The van der Waals surface area contributed by atoms with E-state index in [1.54, 1.807) is 12.1 Å². The van der Waals surface area contributed by atoms with Gasteiger partial charge >= 0.3 is 0 Å². The van der Waals surface area contributed by atoms with E-state index in [-0.39, 0.29) is 17.3 Å². The molecule has 0 unspecified atom stereocenters. The third-order valence-electron chi connectivity index (χ3n) is 5.09. The van der Waals surface area contributed by atoms with E-state index >= 15 is 0 Å². The first-order valence-electron chi connectivity index (χ1n) is 8.74. The van der Waals surface area contributed by atoms with Crippen LogP contribution < -0.4 is 5.56 Å². The zero-order valence-electron chi connectivity index (χ0n) is 14.4. The maximum absolute atomic E-state index is 13.5. The van der Waals surface area contributed by atoms with Crippen molar-refractivity contribution in [3.8, 4) is 11.1 Å². The molecule has 2 aromatic carbocycles. The predicted molar refractivity (Wildman–Crippen MR) is 105 cm³/mol. The van der Waals surface area contributed by atoms with Crippen molar-refractivity contribution in [3.05, 3.63) is 68.2 Å². The number of fused-ring (bicyclic) bond motifs is 1. The van der Waals surface area contributed by atoms with Crippen LogP contribution in [-0.4, -0.2) is 18.2 Å². The third-order valence-corrected chi connectivity index (χ3v) is 5.95. The third kappa shape index (κ3) is 3.10. The average molecular weight is 416 g/mol. The SMILES string of the molecule is Cc1cc2c(-c3ccc(F)cc3)c(C3CCOCC3)c(=O)[nH]c2cc1Br. The van der Waals surface area contributed by atoms with Gasteiger partial charge in [-0.25, -0.2) is 4.39 Å². The highest BCUT2D eigenvalue weighted by molar-refractivity contribution is 9.10. The summed E-state index contributed by atoms with van der Waals surface area (Å²) in [4.78, 5) is 16.0. The van der Waals surface area contributed by atoms with Crippen LogP contribution in [-0.2, 0) is 4.74 Å². The molecule has 1 N–H and O–H groups in total. The Hall–Kier alpha value is -1.98. The zero-order valence-corrected chi connectivity index (χ0v) is 16.0. The first-order chi connectivity index (χ1) is 12.5. The number of aromatic nitrogens is 1. The lowest BCUT2D eigenvalue weighted by Gasteiger charge is -2.25. The van der Waals surface area contributed by atoms with E-state index in [4.69, 9.17) is 4.74 Å². The van der Waals surface area contributed by atoms with E-state index in [0.29, 0.717) is 13.2 Å². The molecule has 3 aromatic rings. The normalized spacial score (nSPS) is 15.5. The van der Waals surface area contributed by atoms with Crippen LogP contribution in [0.2, 0.25) is 0 Å². The topological polar surface area (TPSA) is 42.1 Å². The van der Waals surface area contributed by atoms with Crippen LogP contribution in [0.5, 0.6) is 0 Å². The number of pyridine rings is 1. The first kappa shape index (κ1) is 17.4. The first-order valence-corrected chi connectivity index (χ1v) is 9.53. The Morgan fingerprint density at radius 3 is 2.54 bits per heavy atom. The van der Waals surface area contributed by atoms with Crippen molar-refractivity contribution in [2.24, 2.45) is 0 Å². The number of halogens is 2. The fourth-order valence-corrected chi connectivity index (χ4v) is 4.09. The van der Waals surface area contributed by atoms with Gasteiger partial charge in [-0.1, -0.05) is 28.1 Å². The molecule has 134 valence electrons. The molecule has 0 spiro atoms. The Labute approximate surface area is 159 Å². The van der Waals surface area contributed by atoms with E-state index < -0.39 is 0 Å². The highest BCUT2D eigenvalue weighted by Gasteiger charge is 2.25. The number of aryl methyl sites for hydroxylation is 1. The Balaban J connectivity index is 2.06. The van der Waals surface area contributed by atoms with Gasteiger partial charge in [0.15, 0.2) is 0 Å². The fraction of sp³-hybridized carbons (Fsp3) is 0.286. The Morgan fingerprint density at radius 2 is 1.85 bits per heavy atom. The number of ether oxygens (including phenoxy) is 1. The van der Waals surface area contributed by atoms with Crippen LogP contribution >= 0.6 is 15.9 Å². The second kappa shape index (κ2) is 6.97. The highest BCUT2D eigenvalue weighted by atomic mass is 79.9. The van der Waals surface area contributed by atoms with E-state index in [0.717, 1.165) is 50.5 Å². The van der Waals surface area contributed by atoms with Crippen LogP contribution in [0.3, 0.4) is 0 Å². The molecule has 0 aliphatic carbocycles. The summed E-state index contributed by atoms with van der Waals surface area (Å²) in [6.45, 7) is 3.34. The average Bonchev–Trinajstić information content (AvgIpc) is 2.64. The van der Waals surface area contributed by atoms with Gasteiger partial charge in [0.25, 0.3) is 5.56 Å². The summed E-state index contributed by atoms with van der Waals surface area (Å²) in [5.74, 6) is -0.143. The van der Waals surface area contributed by atoms with E-state index in [1.165, 1.54) is 12.1 Å². The number of rotatable bonds is 2. The van der Waals surface area contributed by atoms with Gasteiger partial charge < -0.3 is 9.72 Å². The Morgan fingerprint density at radius 1 is 1.15 bits per heavy atom. The largest absolute Gasteiger partial charge is 0.381 e. The summed E-state index contributed by atoms with van der Waals surface area (Å²) in [6, 6.07) is 10.4. The minimum absolute atomic E-state index is 0.0699. The minimum atomic E-state index is -0.283. The molecule has 0 atom stereocenters. The number of nitrogens with one attached hydrogen (secondary N) is 1. The Bertz CT molecular complexity index is 1020. The van der Waals surface area contributed by atoms with Gasteiger partial charge in [-0.3, -0.25) is 4.79 Å². The molecule has 1 fully saturated rings. The number of benzene rings is 2. The van der Waals surface area contributed by atoms with E-state index in [1.807, 2.05) is 13.0 Å². The molecule has 26 heavy (non-hydrogen) atoms. The fourth-order valence-electron chi connectivity index (χ4n) is 3.74. The summed E-state index contributed by atoms with van der Waals surface area (Å²) < 4.78 is 19.9. The maximum Gasteiger partial charge on any atom is 0.252 e. The molecule has 1 aliphatic rings. The van der Waals surface area contributed by atoms with Gasteiger partial charge in [0.05, 0.1) is 5.52 Å². The molecule has 5 heteroatoms. The lowest BCUT2D eigenvalue weighted by molar-refractivity contribution is 0.0852. The summed E-state index contributed by atoms with van der Waals surface area (Å²) >= 11 is 3.54. The van der Waals surface area contributed by atoms with Crippen LogP contribution in [0.1, 0.15) is 29.9 Å². The lowest BCUT2D eigenvalue weighted by atomic mass is 9.85. The molecule has 1 aliphatic heterocycles. The molecule has 1 aromatic heterocycles. The van der Waals surface area contributed by atoms with Gasteiger partial charge in [0.1, 0.15) is 5.82 Å². The van der Waals surface area contributed by atoms with Gasteiger partial charge in [-0.2, -0.15) is 0 Å². The van der Waals surface area contributed by atoms with Gasteiger partial charge in [-0.15, -0.1) is 0 Å². The standard InChI is InChI=1S/C21H19BrFNO2/c1-12-10-16-18(11-17(12)22)24-21(25)20(14-6-8-26-9-7-14)19(16)13-2-4-15(23)5-3-13/h2-5,10-11,14H,6-9H2,1H3,(H,24,25). The van der Waals surface area contributed by atoms with Gasteiger partial charge in [0.2, 0.25) is 0 Å². The molecule has 0 saturated carbocycles. The second-order valence-corrected chi connectivity index (χ2v) is 7.64. The highest BCUT2D eigenvalue weighted by Crippen LogP contribution is 2.38. The summed E-state index contributed by atoms with van der Waals surface area (Å²) in [5.41, 5.74) is 4.36. The van der Waals surface area contributed by atoms with E-state index in [9.17, 15) is 9.18 Å². The monoisotopic (exact) mass is 415 g/mol. The number of H-pyrrole nitrogens is 1. The van der Waals surface area contributed by atoms with Crippen LogP contribution in [0.4, 0.5) is 4.39 Å². The van der Waals surface area contributed by atoms with Crippen molar-refractivity contribution in [3.63, 3.8) is 0 Å². The van der Waals surface area contributed by atoms with Crippen LogP contribution in [0.15, 0.2) is 45.7 Å². The van der Waals surface area contributed by atoms with E-state index in [2.05, 4.69) is 27.0 Å². The molecular weight excluding hydrogens is 397 g/mol. The number of aromatic amines is 1. The van der Waals surface area contributed by atoms with Gasteiger partial charge in [-0.05, 0) is 66.6 Å². The lowest BCUT2D eigenvalue weighted by Crippen LogP contribution is -2.23.